The molecule has 2 N–H and O–H groups in total. The number of carbonyl (C=O) groups excluding carboxylic acids is 1. The number of amides is 1. The fourth-order valence-corrected chi connectivity index (χ4v) is 1.43. The van der Waals surface area contributed by atoms with Crippen LogP contribution in [0.1, 0.15) is 19.3 Å². The Morgan fingerprint density at radius 3 is 1.85 bits per heavy atom. The Morgan fingerprint density at radius 2 is 1.45 bits per heavy atom. The topological polar surface area (TPSA) is 112 Å². The summed E-state index contributed by atoms with van der Waals surface area (Å²) in [5, 5.41) is 16.8. The van der Waals surface area contributed by atoms with Crippen LogP contribution in [0.15, 0.2) is 0 Å². The molecule has 0 bridgehead atoms. The van der Waals surface area contributed by atoms with Gasteiger partial charge in [-0.2, -0.15) is 10.5 Å². The number of ether oxygens (including phenoxy) is 2. The van der Waals surface area contributed by atoms with Crippen molar-refractivity contribution in [2.24, 2.45) is 5.73 Å². The minimum Gasteiger partial charge on any atom is -0.379 e. The van der Waals surface area contributed by atoms with E-state index in [9.17, 15) is 4.79 Å². The zero-order valence-electron chi connectivity index (χ0n) is 11.7. The molecule has 0 heterocycles. The Hall–Kier alpha value is -1.67. The summed E-state index contributed by atoms with van der Waals surface area (Å²) >= 11 is 0. The van der Waals surface area contributed by atoms with Crippen molar-refractivity contribution >= 4 is 5.91 Å². The maximum Gasteiger partial charge on any atom is 0.218 e. The van der Waals surface area contributed by atoms with Crippen LogP contribution in [-0.4, -0.2) is 56.9 Å². The quantitative estimate of drug-likeness (QED) is 0.477. The first-order chi connectivity index (χ1) is 9.70. The lowest BCUT2D eigenvalue weighted by Gasteiger charge is -2.21. The van der Waals surface area contributed by atoms with E-state index in [0.29, 0.717) is 58.9 Å². The van der Waals surface area contributed by atoms with Gasteiger partial charge in [0.15, 0.2) is 0 Å². The third-order valence-electron chi connectivity index (χ3n) is 2.49. The van der Waals surface area contributed by atoms with E-state index >= 15 is 0 Å². The molecule has 0 aromatic heterocycles. The highest BCUT2D eigenvalue weighted by molar-refractivity contribution is 5.73. The van der Waals surface area contributed by atoms with E-state index in [1.54, 1.807) is 0 Å². The molecule has 0 fully saturated rings. The van der Waals surface area contributed by atoms with E-state index in [1.807, 2.05) is 17.0 Å². The highest BCUT2D eigenvalue weighted by Gasteiger charge is 2.06. The molecule has 112 valence electrons. The summed E-state index contributed by atoms with van der Waals surface area (Å²) in [4.78, 5) is 12.8. The number of nitrogens with two attached hydrogens (primary N) is 1. The average molecular weight is 282 g/mol. The van der Waals surface area contributed by atoms with E-state index in [2.05, 4.69) is 0 Å². The lowest BCUT2D eigenvalue weighted by Crippen LogP contribution is -2.34. The Labute approximate surface area is 119 Å². The fraction of sp³-hybridized carbons (Fsp3) is 0.769. The SMILES string of the molecule is N#CCCOCCN(CCOCCC#N)CCC(N)=O. The molecule has 7 nitrogen and oxygen atoms in total. The van der Waals surface area contributed by atoms with Crippen molar-refractivity contribution in [1.29, 1.82) is 10.5 Å². The number of hydrogen-bond donors (Lipinski definition) is 1. The average Bonchev–Trinajstić information content (AvgIpc) is 2.43. The molecule has 0 aliphatic carbocycles. The normalized spacial score (nSPS) is 10.2. The van der Waals surface area contributed by atoms with Crippen LogP contribution in [0.3, 0.4) is 0 Å². The maximum atomic E-state index is 10.8. The van der Waals surface area contributed by atoms with Crippen molar-refractivity contribution in [3.8, 4) is 12.1 Å². The molecule has 0 radical (unpaired) electrons. The Morgan fingerprint density at radius 1 is 0.950 bits per heavy atom. The minimum absolute atomic E-state index is 0.288. The van der Waals surface area contributed by atoms with Gasteiger partial charge in [-0.25, -0.2) is 0 Å². The number of nitrogens with zero attached hydrogens (tertiary/aromatic N) is 3. The van der Waals surface area contributed by atoms with Gasteiger partial charge in [-0.15, -0.1) is 0 Å². The molecule has 7 heteroatoms. The molecule has 0 aromatic rings. The highest BCUT2D eigenvalue weighted by atomic mass is 16.5. The van der Waals surface area contributed by atoms with Gasteiger partial charge < -0.3 is 15.2 Å². The van der Waals surface area contributed by atoms with Crippen LogP contribution < -0.4 is 5.73 Å². The summed E-state index contributed by atoms with van der Waals surface area (Å²) in [6.07, 6.45) is 1.04. The smallest absolute Gasteiger partial charge is 0.218 e. The van der Waals surface area contributed by atoms with Gasteiger partial charge in [0.2, 0.25) is 5.91 Å². The van der Waals surface area contributed by atoms with Gasteiger partial charge in [0.25, 0.3) is 0 Å². The van der Waals surface area contributed by atoms with E-state index in [-0.39, 0.29) is 12.3 Å². The summed E-state index contributed by atoms with van der Waals surface area (Å²) < 4.78 is 10.6. The number of hydrogen-bond acceptors (Lipinski definition) is 6. The van der Waals surface area contributed by atoms with Crippen LogP contribution in [-0.2, 0) is 14.3 Å². The molecule has 0 saturated carbocycles. The second-order valence-electron chi connectivity index (χ2n) is 4.10. The van der Waals surface area contributed by atoms with E-state index in [4.69, 9.17) is 25.7 Å². The Bertz CT molecular complexity index is 311. The van der Waals surface area contributed by atoms with Gasteiger partial charge >= 0.3 is 0 Å². The summed E-state index contributed by atoms with van der Waals surface area (Å²) in [7, 11) is 0. The first-order valence-electron chi connectivity index (χ1n) is 6.60. The third kappa shape index (κ3) is 12.8. The third-order valence-corrected chi connectivity index (χ3v) is 2.49. The van der Waals surface area contributed by atoms with Gasteiger partial charge in [0.1, 0.15) is 0 Å². The van der Waals surface area contributed by atoms with E-state index < -0.39 is 0 Å². The lowest BCUT2D eigenvalue weighted by atomic mass is 10.3. The molecule has 0 saturated heterocycles. The van der Waals surface area contributed by atoms with E-state index in [1.165, 1.54) is 0 Å². The zero-order valence-corrected chi connectivity index (χ0v) is 11.7. The van der Waals surface area contributed by atoms with Crippen molar-refractivity contribution in [2.75, 3.05) is 46.1 Å². The van der Waals surface area contributed by atoms with Gasteiger partial charge in [-0.3, -0.25) is 9.69 Å². The predicted octanol–water partition coefficient (Wildman–Crippen LogP) is 0.0244. The summed E-state index contributed by atoms with van der Waals surface area (Å²) in [5.74, 6) is -0.342. The number of rotatable bonds is 13. The van der Waals surface area contributed by atoms with Crippen molar-refractivity contribution in [3.63, 3.8) is 0 Å². The van der Waals surface area contributed by atoms with Crippen LogP contribution >= 0.6 is 0 Å². The lowest BCUT2D eigenvalue weighted by molar-refractivity contribution is -0.118. The summed E-state index contributed by atoms with van der Waals surface area (Å²) in [6.45, 7) is 3.69. The first kappa shape index (κ1) is 18.3. The van der Waals surface area contributed by atoms with Crippen molar-refractivity contribution in [2.45, 2.75) is 19.3 Å². The number of nitriles is 2. The Balaban J connectivity index is 3.79. The summed E-state index contributed by atoms with van der Waals surface area (Å²) in [6, 6.07) is 4.01. The molecular formula is C13H22N4O3. The molecule has 0 atom stereocenters. The standard InChI is InChI=1S/C13H22N4O3/c14-4-1-9-19-11-7-17(6-3-13(16)18)8-12-20-10-2-5-15/h1-3,6-12H2,(H2,16,18). The minimum atomic E-state index is -0.342. The van der Waals surface area contributed by atoms with Gasteiger partial charge in [-0.05, 0) is 0 Å². The molecule has 0 spiro atoms. The fourth-order valence-electron chi connectivity index (χ4n) is 1.43. The van der Waals surface area contributed by atoms with Crippen LogP contribution in [0.5, 0.6) is 0 Å². The van der Waals surface area contributed by atoms with E-state index in [0.717, 1.165) is 0 Å². The van der Waals surface area contributed by atoms with Gasteiger partial charge in [-0.1, -0.05) is 0 Å². The second-order valence-corrected chi connectivity index (χ2v) is 4.10. The molecule has 1 amide bonds. The summed E-state index contributed by atoms with van der Waals surface area (Å²) in [5.41, 5.74) is 5.13. The van der Waals surface area contributed by atoms with Gasteiger partial charge in [0, 0.05) is 26.1 Å². The van der Waals surface area contributed by atoms with Crippen LogP contribution in [0.2, 0.25) is 0 Å². The number of carbonyl (C=O) groups is 1. The molecule has 0 aromatic carbocycles. The first-order valence-corrected chi connectivity index (χ1v) is 6.60. The molecule has 0 aliphatic heterocycles. The number of primary amides is 1. The highest BCUT2D eigenvalue weighted by Crippen LogP contribution is 1.94. The maximum absolute atomic E-state index is 10.8. The molecule has 0 unspecified atom stereocenters. The second kappa shape index (κ2) is 13.8. The molecule has 20 heavy (non-hydrogen) atoms. The molecular weight excluding hydrogens is 260 g/mol. The zero-order chi connectivity index (χ0) is 15.1. The van der Waals surface area contributed by atoms with Gasteiger partial charge in [0.05, 0.1) is 51.4 Å². The van der Waals surface area contributed by atoms with Crippen LogP contribution in [0.25, 0.3) is 0 Å². The largest absolute Gasteiger partial charge is 0.379 e. The molecule has 0 aliphatic rings. The van der Waals surface area contributed by atoms with Crippen LogP contribution in [0, 0.1) is 22.7 Å². The van der Waals surface area contributed by atoms with Crippen molar-refractivity contribution in [1.82, 2.24) is 4.90 Å². The molecule has 0 rings (SSSR count). The van der Waals surface area contributed by atoms with Crippen molar-refractivity contribution < 1.29 is 14.3 Å². The predicted molar refractivity (Wildman–Crippen MR) is 72.3 cm³/mol. The monoisotopic (exact) mass is 282 g/mol. The Kier molecular flexibility index (Phi) is 12.6. The van der Waals surface area contributed by atoms with Crippen molar-refractivity contribution in [3.05, 3.63) is 0 Å². The van der Waals surface area contributed by atoms with Crippen LogP contribution in [0.4, 0.5) is 0 Å².